The second kappa shape index (κ2) is 12.5. The van der Waals surface area contributed by atoms with Crippen molar-refractivity contribution in [2.75, 3.05) is 24.7 Å². The lowest BCUT2D eigenvalue weighted by Gasteiger charge is -2.35. The average Bonchev–Trinajstić information content (AvgIpc) is 3.77. The van der Waals surface area contributed by atoms with Crippen LogP contribution in [0.1, 0.15) is 26.3 Å². The summed E-state index contributed by atoms with van der Waals surface area (Å²) in [5.74, 6) is 0.291. The number of aromatic amines is 1. The van der Waals surface area contributed by atoms with Crippen LogP contribution in [0.15, 0.2) is 25.3 Å². The van der Waals surface area contributed by atoms with E-state index in [9.17, 15) is 14.6 Å². The molecule has 47 heavy (non-hydrogen) atoms. The van der Waals surface area contributed by atoms with Crippen molar-refractivity contribution >= 4 is 71.5 Å². The maximum Gasteiger partial charge on any atom is 0.309 e. The van der Waals surface area contributed by atoms with E-state index in [1.807, 2.05) is 0 Å². The lowest BCUT2D eigenvalue weighted by Crippen LogP contribution is -2.48. The Kier molecular flexibility index (Phi) is 8.78. The number of aliphatic hydroxyl groups is 1. The first-order valence-corrected chi connectivity index (χ1v) is 19.3. The van der Waals surface area contributed by atoms with Crippen molar-refractivity contribution in [3.05, 3.63) is 25.3 Å². The second-order valence-corrected chi connectivity index (χ2v) is 16.5. The summed E-state index contributed by atoms with van der Waals surface area (Å²) >= 11 is 10.5. The molecule has 2 bridgehead atoms. The molecule has 4 aromatic heterocycles. The number of imidazole rings is 2. The third-order valence-corrected chi connectivity index (χ3v) is 10.8. The molecular formula is C23H29N10O10P2S2-. The van der Waals surface area contributed by atoms with Crippen LogP contribution in [0.3, 0.4) is 0 Å². The number of anilines is 2. The maximum atomic E-state index is 13.7. The fraction of sp³-hybridized carbons (Fsp3) is 0.565. The molecular weight excluding hydrogens is 702 g/mol. The summed E-state index contributed by atoms with van der Waals surface area (Å²) in [6.07, 6.45) is -4.60. The van der Waals surface area contributed by atoms with Crippen LogP contribution in [-0.4, -0.2) is 95.5 Å². The summed E-state index contributed by atoms with van der Waals surface area (Å²) in [5, 5.41) is 11.2. The van der Waals surface area contributed by atoms with Gasteiger partial charge < -0.3 is 66.0 Å². The first kappa shape index (κ1) is 33.1. The number of hydrogen-bond donors (Lipinski definition) is 4. The summed E-state index contributed by atoms with van der Waals surface area (Å²) < 4.78 is 58.1. The summed E-state index contributed by atoms with van der Waals surface area (Å²) in [6.45, 7) is -6.21. The Morgan fingerprint density at radius 1 is 1.11 bits per heavy atom. The van der Waals surface area contributed by atoms with Crippen LogP contribution < -0.4 is 20.9 Å². The Labute approximate surface area is 276 Å². The zero-order chi connectivity index (χ0) is 33.2. The van der Waals surface area contributed by atoms with Gasteiger partial charge in [-0.25, -0.2) is 19.5 Å². The van der Waals surface area contributed by atoms with Crippen LogP contribution in [0, 0.1) is 0 Å². The van der Waals surface area contributed by atoms with Crippen LogP contribution in [-0.2, 0) is 60.9 Å². The number of nitrogens with one attached hydrogen (secondary N) is 1. The van der Waals surface area contributed by atoms with Gasteiger partial charge in [0.2, 0.25) is 18.5 Å². The number of hydrogen-bond acceptors (Lipinski definition) is 19. The van der Waals surface area contributed by atoms with Crippen molar-refractivity contribution in [1.82, 2.24) is 34.5 Å². The summed E-state index contributed by atoms with van der Waals surface area (Å²) in [4.78, 5) is 37.3. The van der Waals surface area contributed by atoms with Crippen molar-refractivity contribution in [1.29, 1.82) is 0 Å². The van der Waals surface area contributed by atoms with Gasteiger partial charge in [-0.1, -0.05) is 16.8 Å². The third-order valence-electron chi connectivity index (χ3n) is 7.71. The monoisotopic (exact) mass is 731 g/mol. The van der Waals surface area contributed by atoms with Crippen LogP contribution in [0.4, 0.5) is 11.6 Å². The molecule has 10 atom stereocenters. The molecule has 20 nitrogen and oxygen atoms in total. The molecule has 3 aliphatic heterocycles. The highest BCUT2D eigenvalue weighted by molar-refractivity contribution is 8.32. The van der Waals surface area contributed by atoms with E-state index >= 15 is 0 Å². The molecule has 0 saturated carbocycles. The van der Waals surface area contributed by atoms with Gasteiger partial charge in [0.25, 0.3) is 0 Å². The van der Waals surface area contributed by atoms with E-state index in [1.54, 1.807) is 24.7 Å². The average molecular weight is 732 g/mol. The molecule has 0 aliphatic carbocycles. The normalized spacial score (nSPS) is 36.7. The van der Waals surface area contributed by atoms with Crippen molar-refractivity contribution in [3.8, 4) is 0 Å². The van der Waals surface area contributed by atoms with Crippen LogP contribution >= 0.6 is 13.5 Å². The number of H-pyrrole nitrogens is 1. The molecule has 6 N–H and O–H groups in total. The highest BCUT2D eigenvalue weighted by Crippen LogP contribution is 2.53. The number of nitrogens with two attached hydrogens (primary N) is 2. The quantitative estimate of drug-likeness (QED) is 0.114. The van der Waals surface area contributed by atoms with Gasteiger partial charge in [-0.15, -0.1) is 0 Å². The molecule has 0 spiro atoms. The standard InChI is InChI=1S/C23H30N10O10P2S2/c1-9(2)39-17-15-11(41-23(17)33-8-31-13-19(25)27-6-29-21(13)33)4-38-45(36,47)43-16-14(34)10(3-37-44(35,46)42-15)40-22(16)32-7-30-12-18(24)26-5-28-20(12)32/h5-11,14-17,22-23,34H,3-4H2,1-2H3,(H6,24,25,26,27,28,29,35,36,46,47)/p-1/t10-,11-,14-,15-,16-,17-,22-,23-,44?,45?/m1/s1. The van der Waals surface area contributed by atoms with Crippen molar-refractivity contribution in [2.24, 2.45) is 0 Å². The van der Waals surface area contributed by atoms with E-state index in [2.05, 4.69) is 29.9 Å². The van der Waals surface area contributed by atoms with Crippen LogP contribution in [0.2, 0.25) is 0 Å². The van der Waals surface area contributed by atoms with E-state index in [0.717, 1.165) is 0 Å². The second-order valence-electron chi connectivity index (χ2n) is 11.1. The topological polar surface area (TPSA) is 266 Å². The first-order chi connectivity index (χ1) is 22.3. The van der Waals surface area contributed by atoms with Gasteiger partial charge in [-0.05, 0) is 13.8 Å². The van der Waals surface area contributed by atoms with Gasteiger partial charge in [0.1, 0.15) is 55.2 Å². The number of nitrogen functional groups attached to an aromatic ring is 2. The Morgan fingerprint density at radius 3 is 2.64 bits per heavy atom. The van der Waals surface area contributed by atoms with E-state index in [-0.39, 0.29) is 28.9 Å². The maximum absolute atomic E-state index is 13.7. The molecule has 3 saturated heterocycles. The van der Waals surface area contributed by atoms with Gasteiger partial charge in [0.05, 0.1) is 25.6 Å². The zero-order valence-corrected chi connectivity index (χ0v) is 28.0. The van der Waals surface area contributed by atoms with E-state index in [4.69, 9.17) is 67.8 Å². The molecule has 0 amide bonds. The Balaban J connectivity index is 1.23. The number of ether oxygens (including phenoxy) is 3. The summed E-state index contributed by atoms with van der Waals surface area (Å²) in [6, 6.07) is 0. The number of fused-ring (bicyclic) bond motifs is 5. The predicted molar refractivity (Wildman–Crippen MR) is 163 cm³/mol. The van der Waals surface area contributed by atoms with Crippen molar-refractivity contribution in [2.45, 2.75) is 69.0 Å². The molecule has 3 fully saturated rings. The minimum Gasteiger partial charge on any atom is -0.780 e. The molecule has 3 aliphatic rings. The lowest BCUT2D eigenvalue weighted by atomic mass is 10.1. The lowest BCUT2D eigenvalue weighted by molar-refractivity contribution is -0.745. The Morgan fingerprint density at radius 2 is 1.85 bits per heavy atom. The molecule has 0 radical (unpaired) electrons. The molecule has 24 heteroatoms. The smallest absolute Gasteiger partial charge is 0.309 e. The zero-order valence-electron chi connectivity index (χ0n) is 24.5. The molecule has 4 aromatic rings. The number of nitrogens with zero attached hydrogens (tertiary/aromatic N) is 7. The minimum absolute atomic E-state index is 0.0964. The van der Waals surface area contributed by atoms with Crippen LogP contribution in [0.25, 0.3) is 22.3 Å². The van der Waals surface area contributed by atoms with E-state index < -0.39 is 75.8 Å². The van der Waals surface area contributed by atoms with E-state index in [0.29, 0.717) is 11.2 Å². The van der Waals surface area contributed by atoms with Crippen molar-refractivity contribution in [3.63, 3.8) is 0 Å². The largest absolute Gasteiger partial charge is 0.780 e. The summed E-state index contributed by atoms with van der Waals surface area (Å²) in [7, 11) is 0. The third kappa shape index (κ3) is 6.27. The van der Waals surface area contributed by atoms with Crippen LogP contribution in [0.5, 0.6) is 0 Å². The highest BCUT2D eigenvalue weighted by atomic mass is 32.7. The Hall–Kier alpha value is -2.43. The first-order valence-electron chi connectivity index (χ1n) is 14.2. The molecule has 0 aromatic carbocycles. The minimum atomic E-state index is -4.41. The molecule has 7 heterocycles. The molecule has 254 valence electrons. The van der Waals surface area contributed by atoms with Gasteiger partial charge in [-0.3, -0.25) is 14.1 Å². The Bertz CT molecular complexity index is 1900. The molecule has 7 rings (SSSR count). The van der Waals surface area contributed by atoms with Gasteiger partial charge >= 0.3 is 5.65 Å². The SMILES string of the molecule is CC(C)O[C@@H]1[C@@H]2OP([O-])(=S)OC[C@H]3O[C@@H](n4cnc5c(N)ncnc54)[C@H](OP(=O)([S-])OC[C@H]2O[C@H]1[n+]1c[nH]c2c(N)ncnc21)[C@@H]3O. The van der Waals surface area contributed by atoms with E-state index in [1.165, 1.54) is 23.5 Å². The molecule has 2 unspecified atom stereocenters. The van der Waals surface area contributed by atoms with Crippen molar-refractivity contribution < 1.29 is 51.4 Å². The van der Waals surface area contributed by atoms with Gasteiger partial charge in [0.15, 0.2) is 36.2 Å². The van der Waals surface area contributed by atoms with Gasteiger partial charge in [-0.2, -0.15) is 4.98 Å². The highest BCUT2D eigenvalue weighted by Gasteiger charge is 2.53. The predicted octanol–water partition coefficient (Wildman–Crippen LogP) is -0.744. The summed E-state index contributed by atoms with van der Waals surface area (Å²) in [5.41, 5.74) is 13.2. The fourth-order valence-electron chi connectivity index (χ4n) is 5.70. The number of rotatable bonds is 4. The van der Waals surface area contributed by atoms with Gasteiger partial charge in [0, 0.05) is 0 Å². The fourth-order valence-corrected chi connectivity index (χ4v) is 8.53. The number of aliphatic hydroxyl groups excluding tert-OH is 1. The number of aromatic nitrogens is 8.